The van der Waals surface area contributed by atoms with Crippen molar-refractivity contribution in [3.8, 4) is 0 Å². The van der Waals surface area contributed by atoms with Gasteiger partial charge in [-0.05, 0) is 18.8 Å². The molecule has 0 aliphatic rings. The zero-order chi connectivity index (χ0) is 10.4. The first-order valence-corrected chi connectivity index (χ1v) is 5.38. The second-order valence-electron chi connectivity index (χ2n) is 2.61. The van der Waals surface area contributed by atoms with Gasteiger partial charge >= 0.3 is 0 Å². The van der Waals surface area contributed by atoms with Crippen molar-refractivity contribution >= 4 is 0 Å². The maximum Gasteiger partial charge on any atom is -0.0353 e. The maximum absolute atomic E-state index is 3.66. The number of allylic oxidation sites excluding steroid dienone is 1. The van der Waals surface area contributed by atoms with E-state index >= 15 is 0 Å². The quantitative estimate of drug-likeness (QED) is 0.411. The van der Waals surface area contributed by atoms with Crippen LogP contribution in [-0.4, -0.2) is 0 Å². The lowest BCUT2D eigenvalue weighted by molar-refractivity contribution is 0.560. The van der Waals surface area contributed by atoms with Crippen molar-refractivity contribution in [3.05, 3.63) is 12.7 Å². The Bertz CT molecular complexity index is 53.1. The van der Waals surface area contributed by atoms with Crippen LogP contribution in [0.4, 0.5) is 0 Å². The molecule has 0 amide bonds. The average molecular weight is 172 g/mol. The van der Waals surface area contributed by atoms with Crippen LogP contribution in [-0.2, 0) is 0 Å². The van der Waals surface area contributed by atoms with Crippen LogP contribution in [0.3, 0.4) is 0 Å². The Morgan fingerprint density at radius 3 is 1.75 bits per heavy atom. The summed E-state index contributed by atoms with van der Waals surface area (Å²) >= 11 is 0. The van der Waals surface area contributed by atoms with Crippen molar-refractivity contribution in [2.75, 3.05) is 0 Å². The molecule has 0 heteroatoms. The van der Waals surface area contributed by atoms with Crippen molar-refractivity contribution < 1.29 is 0 Å². The Labute approximate surface area is 80.1 Å². The average Bonchev–Trinajstić information content (AvgIpc) is 2.12. The molecule has 0 aliphatic carbocycles. The van der Waals surface area contributed by atoms with Crippen LogP contribution >= 0.6 is 0 Å². The SMILES string of the molecule is C=CCCCC(C)C.CC.CC. The van der Waals surface area contributed by atoms with E-state index in [0.717, 1.165) is 5.92 Å². The lowest BCUT2D eigenvalue weighted by atomic mass is 10.1. The van der Waals surface area contributed by atoms with E-state index in [1.165, 1.54) is 19.3 Å². The Morgan fingerprint density at radius 1 is 1.08 bits per heavy atom. The summed E-state index contributed by atoms with van der Waals surface area (Å²) in [5, 5.41) is 0. The molecule has 0 rings (SSSR count). The molecule has 0 unspecified atom stereocenters. The van der Waals surface area contributed by atoms with Crippen LogP contribution in [0.2, 0.25) is 0 Å². The third-order valence-corrected chi connectivity index (χ3v) is 1.19. The number of hydrogen-bond donors (Lipinski definition) is 0. The van der Waals surface area contributed by atoms with Crippen molar-refractivity contribution in [3.63, 3.8) is 0 Å². The summed E-state index contributed by atoms with van der Waals surface area (Å²) in [4.78, 5) is 0. The summed E-state index contributed by atoms with van der Waals surface area (Å²) in [6, 6.07) is 0. The molecule has 0 nitrogen and oxygen atoms in total. The van der Waals surface area contributed by atoms with Gasteiger partial charge in [-0.1, -0.05) is 54.0 Å². The molecule has 0 atom stereocenters. The highest BCUT2D eigenvalue weighted by Crippen LogP contribution is 2.05. The molecule has 0 spiro atoms. The summed E-state index contributed by atoms with van der Waals surface area (Å²) < 4.78 is 0. The van der Waals surface area contributed by atoms with E-state index in [1.54, 1.807) is 0 Å². The Hall–Kier alpha value is -0.260. The Morgan fingerprint density at radius 2 is 1.50 bits per heavy atom. The first kappa shape index (κ1) is 17.7. The zero-order valence-corrected chi connectivity index (χ0v) is 9.98. The second-order valence-corrected chi connectivity index (χ2v) is 2.61. The molecule has 0 radical (unpaired) electrons. The van der Waals surface area contributed by atoms with Crippen LogP contribution in [0.1, 0.15) is 60.8 Å². The minimum atomic E-state index is 0.856. The molecule has 0 saturated heterocycles. The number of unbranched alkanes of at least 4 members (excludes halogenated alkanes) is 1. The van der Waals surface area contributed by atoms with Crippen molar-refractivity contribution in [1.82, 2.24) is 0 Å². The van der Waals surface area contributed by atoms with Gasteiger partial charge in [-0.25, -0.2) is 0 Å². The fourth-order valence-electron chi connectivity index (χ4n) is 0.670. The van der Waals surface area contributed by atoms with Gasteiger partial charge < -0.3 is 0 Å². The minimum Gasteiger partial charge on any atom is -0.103 e. The lowest BCUT2D eigenvalue weighted by Crippen LogP contribution is -1.84. The predicted molar refractivity (Wildman–Crippen MR) is 61.6 cm³/mol. The molecule has 0 fully saturated rings. The third-order valence-electron chi connectivity index (χ3n) is 1.19. The van der Waals surface area contributed by atoms with E-state index in [2.05, 4.69) is 20.4 Å². The van der Waals surface area contributed by atoms with E-state index in [1.807, 2.05) is 33.8 Å². The van der Waals surface area contributed by atoms with E-state index in [-0.39, 0.29) is 0 Å². The van der Waals surface area contributed by atoms with Gasteiger partial charge in [0.05, 0.1) is 0 Å². The Kier molecular flexibility index (Phi) is 33.1. The molecule has 0 aromatic carbocycles. The molecular weight excluding hydrogens is 144 g/mol. The fraction of sp³-hybridized carbons (Fsp3) is 0.833. The van der Waals surface area contributed by atoms with Crippen LogP contribution in [0.25, 0.3) is 0 Å². The molecule has 0 heterocycles. The Balaban J connectivity index is -0.000000175. The van der Waals surface area contributed by atoms with Crippen LogP contribution in [0, 0.1) is 5.92 Å². The van der Waals surface area contributed by atoms with Gasteiger partial charge in [-0.3, -0.25) is 0 Å². The van der Waals surface area contributed by atoms with Crippen molar-refractivity contribution in [2.24, 2.45) is 5.92 Å². The first-order valence-electron chi connectivity index (χ1n) is 5.38. The molecular formula is C12H28. The van der Waals surface area contributed by atoms with Gasteiger partial charge in [-0.2, -0.15) is 0 Å². The molecule has 76 valence electrons. The van der Waals surface area contributed by atoms with Crippen molar-refractivity contribution in [1.29, 1.82) is 0 Å². The zero-order valence-electron chi connectivity index (χ0n) is 9.98. The minimum absolute atomic E-state index is 0.856. The van der Waals surface area contributed by atoms with E-state index in [0.29, 0.717) is 0 Å². The van der Waals surface area contributed by atoms with Crippen LogP contribution < -0.4 is 0 Å². The molecule has 0 saturated carbocycles. The summed E-state index contributed by atoms with van der Waals surface area (Å²) in [5.41, 5.74) is 0. The molecule has 0 bridgehead atoms. The summed E-state index contributed by atoms with van der Waals surface area (Å²) in [6.07, 6.45) is 5.81. The molecule has 0 aromatic heterocycles. The molecule has 0 aliphatic heterocycles. The summed E-state index contributed by atoms with van der Waals surface area (Å²) in [6.45, 7) is 16.2. The van der Waals surface area contributed by atoms with Crippen molar-refractivity contribution in [2.45, 2.75) is 60.8 Å². The van der Waals surface area contributed by atoms with Gasteiger partial charge in [-0.15, -0.1) is 6.58 Å². The lowest BCUT2D eigenvalue weighted by Gasteiger charge is -1.99. The van der Waals surface area contributed by atoms with E-state index in [9.17, 15) is 0 Å². The molecule has 12 heavy (non-hydrogen) atoms. The number of rotatable bonds is 4. The molecule has 0 aromatic rings. The molecule has 0 N–H and O–H groups in total. The second kappa shape index (κ2) is 22.4. The maximum atomic E-state index is 3.66. The normalized spacial score (nSPS) is 7.58. The highest BCUT2D eigenvalue weighted by molar-refractivity contribution is 4.65. The summed E-state index contributed by atoms with van der Waals surface area (Å²) in [7, 11) is 0. The van der Waals surface area contributed by atoms with Gasteiger partial charge in [0.2, 0.25) is 0 Å². The van der Waals surface area contributed by atoms with E-state index < -0.39 is 0 Å². The van der Waals surface area contributed by atoms with Crippen LogP contribution in [0.5, 0.6) is 0 Å². The fourth-order valence-corrected chi connectivity index (χ4v) is 0.670. The summed E-state index contributed by atoms with van der Waals surface area (Å²) in [5.74, 6) is 0.856. The van der Waals surface area contributed by atoms with Crippen LogP contribution in [0.15, 0.2) is 12.7 Å². The monoisotopic (exact) mass is 172 g/mol. The first-order chi connectivity index (χ1) is 5.77. The van der Waals surface area contributed by atoms with Gasteiger partial charge in [0.1, 0.15) is 0 Å². The number of hydrogen-bond acceptors (Lipinski definition) is 0. The largest absolute Gasteiger partial charge is 0.103 e. The highest BCUT2D eigenvalue weighted by Gasteiger charge is 1.89. The highest BCUT2D eigenvalue weighted by atomic mass is 14.0. The standard InChI is InChI=1S/C8H16.2C2H6/c1-4-5-6-7-8(2)3;2*1-2/h4,8H,1,5-7H2,2-3H3;2*1-2H3. The van der Waals surface area contributed by atoms with E-state index in [4.69, 9.17) is 0 Å². The van der Waals surface area contributed by atoms with Gasteiger partial charge in [0.15, 0.2) is 0 Å². The van der Waals surface area contributed by atoms with Gasteiger partial charge in [0, 0.05) is 0 Å². The predicted octanol–water partition coefficient (Wildman–Crippen LogP) is 5.05. The van der Waals surface area contributed by atoms with Gasteiger partial charge in [0.25, 0.3) is 0 Å². The smallest absolute Gasteiger partial charge is 0.0353 e. The third kappa shape index (κ3) is 33.1. The topological polar surface area (TPSA) is 0 Å².